The van der Waals surface area contributed by atoms with Crippen molar-refractivity contribution in [3.63, 3.8) is 0 Å². The summed E-state index contributed by atoms with van der Waals surface area (Å²) in [6.07, 6.45) is 4.91. The van der Waals surface area contributed by atoms with Crippen molar-refractivity contribution in [1.29, 1.82) is 0 Å². The monoisotopic (exact) mass is 804 g/mol. The fourth-order valence-corrected chi connectivity index (χ4v) is 5.64. The van der Waals surface area contributed by atoms with E-state index in [0.717, 1.165) is 0 Å². The van der Waals surface area contributed by atoms with Crippen LogP contribution in [0.2, 0.25) is 0 Å². The molecule has 0 saturated heterocycles. The number of carbonyl (C=O) groups is 8. The van der Waals surface area contributed by atoms with Gasteiger partial charge in [0, 0.05) is 31.8 Å². The molecule has 1 aromatic rings. The number of hydrogen-bond donors (Lipinski definition) is 10. The minimum atomic E-state index is -1.16. The predicted molar refractivity (Wildman–Crippen MR) is 213 cm³/mol. The largest absolute Gasteiger partial charge is 0.370 e. The van der Waals surface area contributed by atoms with Crippen molar-refractivity contribution in [2.24, 2.45) is 34.2 Å². The maximum Gasteiger partial charge on any atom is 0.243 e. The number of aromatic nitrogens is 2. The summed E-state index contributed by atoms with van der Waals surface area (Å²) < 4.78 is 0. The van der Waals surface area contributed by atoms with Gasteiger partial charge in [0.15, 0.2) is 5.96 Å². The summed E-state index contributed by atoms with van der Waals surface area (Å²) in [5, 5.41) is 18.3. The minimum absolute atomic E-state index is 0.00239. The first-order valence-electron chi connectivity index (χ1n) is 19.3. The van der Waals surface area contributed by atoms with Crippen LogP contribution in [-0.4, -0.2) is 113 Å². The summed E-state index contributed by atoms with van der Waals surface area (Å²) in [6.45, 7) is 13.6. The molecule has 0 aromatic carbocycles. The second-order valence-electron chi connectivity index (χ2n) is 15.3. The molecular formula is C37H64N12O8. The van der Waals surface area contributed by atoms with Gasteiger partial charge in [-0.25, -0.2) is 4.98 Å². The number of nitrogens with two attached hydrogens (primary N) is 2. The zero-order valence-corrected chi connectivity index (χ0v) is 34.4. The summed E-state index contributed by atoms with van der Waals surface area (Å²) in [4.78, 5) is 114. The van der Waals surface area contributed by atoms with Gasteiger partial charge in [0.2, 0.25) is 41.4 Å². The highest BCUT2D eigenvalue weighted by molar-refractivity contribution is 5.96. The molecule has 0 spiro atoms. The SMILES string of the molecule is CC(=O)N[C@@H](CC(C)C)C(=O)N[C@@H](Cc1cnc[nH]1)C(=O)N[C@@H](CC(C)C)C(=O)NCC(=O)N[C@@H](CC(C)C)C(=O)N[C@@H](C)C(=O)N[C@H](C=O)CCCN=C(N)N. The normalized spacial score (nSPS) is 14.2. The number of nitrogens with one attached hydrogen (secondary N) is 8. The molecular weight excluding hydrogens is 740 g/mol. The summed E-state index contributed by atoms with van der Waals surface area (Å²) in [5.41, 5.74) is 11.1. The van der Waals surface area contributed by atoms with Crippen LogP contribution in [0.5, 0.6) is 0 Å². The molecule has 57 heavy (non-hydrogen) atoms. The van der Waals surface area contributed by atoms with Gasteiger partial charge in [-0.3, -0.25) is 38.6 Å². The van der Waals surface area contributed by atoms with E-state index in [1.807, 2.05) is 41.5 Å². The van der Waals surface area contributed by atoms with Crippen molar-refractivity contribution >= 4 is 53.6 Å². The zero-order valence-electron chi connectivity index (χ0n) is 34.4. The fraction of sp³-hybridized carbons (Fsp3) is 0.676. The molecule has 6 atom stereocenters. The molecule has 0 aliphatic carbocycles. The number of aromatic amines is 1. The third-order valence-electron chi connectivity index (χ3n) is 8.35. The molecule has 0 fully saturated rings. The first kappa shape index (κ1) is 49.5. The summed E-state index contributed by atoms with van der Waals surface area (Å²) in [5.74, 6) is -4.45. The second-order valence-corrected chi connectivity index (χ2v) is 15.3. The number of rotatable bonds is 26. The number of aliphatic imine (C=N–C) groups is 1. The van der Waals surface area contributed by atoms with Gasteiger partial charge in [-0.1, -0.05) is 41.5 Å². The van der Waals surface area contributed by atoms with Gasteiger partial charge in [0.25, 0.3) is 0 Å². The Morgan fingerprint density at radius 1 is 0.719 bits per heavy atom. The molecule has 0 unspecified atom stereocenters. The average Bonchev–Trinajstić information content (AvgIpc) is 3.62. The van der Waals surface area contributed by atoms with E-state index in [1.165, 1.54) is 26.4 Å². The maximum absolute atomic E-state index is 13.7. The number of guanidine groups is 1. The van der Waals surface area contributed by atoms with Crippen LogP contribution < -0.4 is 48.7 Å². The Hall–Kier alpha value is -5.56. The summed E-state index contributed by atoms with van der Waals surface area (Å²) in [6, 6.07) is -6.12. The van der Waals surface area contributed by atoms with E-state index in [9.17, 15) is 38.4 Å². The Morgan fingerprint density at radius 3 is 1.75 bits per heavy atom. The van der Waals surface area contributed by atoms with E-state index < -0.39 is 84.1 Å². The Morgan fingerprint density at radius 2 is 1.25 bits per heavy atom. The van der Waals surface area contributed by atoms with E-state index >= 15 is 0 Å². The van der Waals surface area contributed by atoms with Crippen LogP contribution in [0, 0.1) is 17.8 Å². The zero-order chi connectivity index (χ0) is 43.2. The van der Waals surface area contributed by atoms with E-state index in [4.69, 9.17) is 11.5 Å². The van der Waals surface area contributed by atoms with Gasteiger partial charge >= 0.3 is 0 Å². The van der Waals surface area contributed by atoms with Crippen molar-refractivity contribution in [2.45, 2.75) is 130 Å². The molecule has 12 N–H and O–H groups in total. The number of nitrogens with zero attached hydrogens (tertiary/aromatic N) is 2. The van der Waals surface area contributed by atoms with Crippen molar-refractivity contribution < 1.29 is 38.4 Å². The van der Waals surface area contributed by atoms with Crippen LogP contribution in [0.4, 0.5) is 0 Å². The Balaban J connectivity index is 3.00. The molecule has 1 aromatic heterocycles. The van der Waals surface area contributed by atoms with Crippen LogP contribution in [-0.2, 0) is 44.8 Å². The molecule has 1 rings (SSSR count). The van der Waals surface area contributed by atoms with Crippen LogP contribution in [0.1, 0.15) is 93.2 Å². The maximum atomic E-state index is 13.7. The molecule has 0 aliphatic rings. The quantitative estimate of drug-likeness (QED) is 0.0220. The lowest BCUT2D eigenvalue weighted by atomic mass is 10.0. The van der Waals surface area contributed by atoms with Crippen molar-refractivity contribution in [1.82, 2.24) is 47.2 Å². The number of amides is 7. The van der Waals surface area contributed by atoms with Gasteiger partial charge in [0.1, 0.15) is 36.5 Å². The Bertz CT molecular complexity index is 1510. The molecule has 20 nitrogen and oxygen atoms in total. The molecule has 1 heterocycles. The molecule has 20 heteroatoms. The van der Waals surface area contributed by atoms with Gasteiger partial charge < -0.3 is 58.5 Å². The van der Waals surface area contributed by atoms with Crippen molar-refractivity contribution in [2.75, 3.05) is 13.1 Å². The third-order valence-corrected chi connectivity index (χ3v) is 8.35. The van der Waals surface area contributed by atoms with Crippen molar-refractivity contribution in [3.8, 4) is 0 Å². The Kier molecular flexibility index (Phi) is 22.2. The molecule has 7 amide bonds. The summed E-state index contributed by atoms with van der Waals surface area (Å²) >= 11 is 0. The van der Waals surface area contributed by atoms with Crippen molar-refractivity contribution in [3.05, 3.63) is 18.2 Å². The standard InChI is InChI=1S/C37H64N12O8/c1-20(2)12-27(48-36(57)30(15-26-16-40-19-43-26)49-35(56)28(13-21(3)4)45-24(8)51)33(54)42-17-31(52)47-29(14-22(5)6)34(55)44-23(7)32(53)46-25(18-50)10-9-11-41-37(38)39/h16,18-23,25,27-30H,9-15,17H2,1-8H3,(H,40,43)(H,42,54)(H,44,55)(H,45,51)(H,46,53)(H,47,52)(H,48,57)(H,49,56)(H4,38,39,41)/t23-,25-,27-,28-,29-,30-/m0/s1. The smallest absolute Gasteiger partial charge is 0.243 e. The number of aldehydes is 1. The van der Waals surface area contributed by atoms with Crippen LogP contribution in [0.15, 0.2) is 17.5 Å². The number of carbonyl (C=O) groups excluding carboxylic acids is 8. The van der Waals surface area contributed by atoms with Crippen LogP contribution >= 0.6 is 0 Å². The first-order valence-corrected chi connectivity index (χ1v) is 19.3. The molecule has 0 bridgehead atoms. The van der Waals surface area contributed by atoms with E-state index in [0.29, 0.717) is 24.8 Å². The number of imidazole rings is 1. The first-order chi connectivity index (χ1) is 26.7. The topological polar surface area (TPSA) is 314 Å². The van der Waals surface area contributed by atoms with E-state index in [1.54, 1.807) is 0 Å². The highest BCUT2D eigenvalue weighted by Crippen LogP contribution is 2.10. The fourth-order valence-electron chi connectivity index (χ4n) is 5.64. The van der Waals surface area contributed by atoms with Gasteiger partial charge in [-0.05, 0) is 56.8 Å². The lowest BCUT2D eigenvalue weighted by molar-refractivity contribution is -0.134. The van der Waals surface area contributed by atoms with E-state index in [2.05, 4.69) is 52.2 Å². The highest BCUT2D eigenvalue weighted by atomic mass is 16.2. The highest BCUT2D eigenvalue weighted by Gasteiger charge is 2.31. The number of H-pyrrole nitrogens is 1. The molecule has 320 valence electrons. The number of hydrogen-bond acceptors (Lipinski definition) is 10. The average molecular weight is 805 g/mol. The van der Waals surface area contributed by atoms with Gasteiger partial charge in [-0.2, -0.15) is 0 Å². The third kappa shape index (κ3) is 20.8. The predicted octanol–water partition coefficient (Wildman–Crippen LogP) is -1.59. The summed E-state index contributed by atoms with van der Waals surface area (Å²) in [7, 11) is 0. The minimum Gasteiger partial charge on any atom is -0.370 e. The van der Waals surface area contributed by atoms with Crippen LogP contribution in [0.3, 0.4) is 0 Å². The molecule has 0 radical (unpaired) electrons. The molecule has 0 aliphatic heterocycles. The second kappa shape index (κ2) is 25.6. The van der Waals surface area contributed by atoms with Crippen LogP contribution in [0.25, 0.3) is 0 Å². The van der Waals surface area contributed by atoms with Gasteiger partial charge in [0.05, 0.1) is 18.9 Å². The molecule has 0 saturated carbocycles. The lowest BCUT2D eigenvalue weighted by Crippen LogP contribution is -2.58. The Labute approximate surface area is 334 Å². The van der Waals surface area contributed by atoms with E-state index in [-0.39, 0.29) is 55.9 Å². The van der Waals surface area contributed by atoms with Gasteiger partial charge in [-0.15, -0.1) is 0 Å². The lowest BCUT2D eigenvalue weighted by Gasteiger charge is -2.26.